The monoisotopic (exact) mass is 352 g/mol. The molecule has 26 heavy (non-hydrogen) atoms. The number of carbonyl (C=O) groups excluding carboxylic acids is 1. The number of likely N-dealkylation sites (tertiary alicyclic amines) is 1. The van der Waals surface area contributed by atoms with Crippen molar-refractivity contribution in [3.8, 4) is 5.75 Å². The summed E-state index contributed by atoms with van der Waals surface area (Å²) in [5.41, 5.74) is 5.63. The Hall–Kier alpha value is -2.49. The maximum absolute atomic E-state index is 12.7. The zero-order chi connectivity index (χ0) is 18.7. The molecule has 0 aromatic heterocycles. The number of para-hydroxylation sites is 1. The van der Waals surface area contributed by atoms with Crippen molar-refractivity contribution >= 4 is 11.7 Å². The molecule has 138 valence electrons. The van der Waals surface area contributed by atoms with Crippen molar-refractivity contribution in [2.24, 2.45) is 0 Å². The fraction of sp³-hybridized carbons (Fsp3) is 0.409. The van der Waals surface area contributed by atoms with Gasteiger partial charge in [-0.05, 0) is 62.3 Å². The van der Waals surface area contributed by atoms with Gasteiger partial charge in [0.1, 0.15) is 5.75 Å². The topological polar surface area (TPSA) is 41.6 Å². The molecule has 0 bridgehead atoms. The molecule has 1 fully saturated rings. The lowest BCUT2D eigenvalue weighted by Crippen LogP contribution is -2.40. The summed E-state index contributed by atoms with van der Waals surface area (Å²) >= 11 is 0. The minimum absolute atomic E-state index is 0.00136. The van der Waals surface area contributed by atoms with E-state index >= 15 is 0 Å². The average Bonchev–Trinajstić information content (AvgIpc) is 2.64. The van der Waals surface area contributed by atoms with Crippen molar-refractivity contribution in [3.05, 3.63) is 58.7 Å². The van der Waals surface area contributed by atoms with Gasteiger partial charge < -0.3 is 15.0 Å². The third-order valence-electron chi connectivity index (χ3n) is 5.27. The van der Waals surface area contributed by atoms with Crippen LogP contribution in [0.2, 0.25) is 0 Å². The Morgan fingerprint density at radius 2 is 1.69 bits per heavy atom. The van der Waals surface area contributed by atoms with Crippen molar-refractivity contribution in [3.63, 3.8) is 0 Å². The van der Waals surface area contributed by atoms with Gasteiger partial charge in [0.05, 0.1) is 7.11 Å². The zero-order valence-electron chi connectivity index (χ0n) is 16.1. The van der Waals surface area contributed by atoms with Crippen molar-refractivity contribution in [2.45, 2.75) is 39.5 Å². The second kappa shape index (κ2) is 7.81. The lowest BCUT2D eigenvalue weighted by atomic mass is 9.89. The Balaban J connectivity index is 1.64. The zero-order valence-corrected chi connectivity index (χ0v) is 16.1. The number of nitrogens with one attached hydrogen (secondary N) is 1. The summed E-state index contributed by atoms with van der Waals surface area (Å²) in [7, 11) is 1.72. The summed E-state index contributed by atoms with van der Waals surface area (Å²) in [5.74, 6) is 1.39. The van der Waals surface area contributed by atoms with Gasteiger partial charge in [-0.25, -0.2) is 4.79 Å². The summed E-state index contributed by atoms with van der Waals surface area (Å²) in [5, 5.41) is 3.11. The van der Waals surface area contributed by atoms with Gasteiger partial charge in [-0.2, -0.15) is 0 Å². The van der Waals surface area contributed by atoms with Gasteiger partial charge in [-0.3, -0.25) is 0 Å². The molecule has 0 saturated carbocycles. The largest absolute Gasteiger partial charge is 0.496 e. The molecular formula is C22H28N2O2. The number of ether oxygens (including phenoxy) is 1. The minimum Gasteiger partial charge on any atom is -0.496 e. The van der Waals surface area contributed by atoms with Crippen molar-refractivity contribution in [2.75, 3.05) is 25.5 Å². The first-order valence-corrected chi connectivity index (χ1v) is 9.26. The number of amides is 2. The molecule has 4 nitrogen and oxygen atoms in total. The van der Waals surface area contributed by atoms with Gasteiger partial charge in [-0.1, -0.05) is 35.9 Å². The molecule has 0 aliphatic carbocycles. The first-order chi connectivity index (χ1) is 12.5. The van der Waals surface area contributed by atoms with Crippen molar-refractivity contribution < 1.29 is 9.53 Å². The molecule has 1 aliphatic heterocycles. The van der Waals surface area contributed by atoms with Crippen LogP contribution in [-0.2, 0) is 0 Å². The van der Waals surface area contributed by atoms with E-state index in [-0.39, 0.29) is 6.03 Å². The Morgan fingerprint density at radius 1 is 1.08 bits per heavy atom. The molecule has 1 saturated heterocycles. The van der Waals surface area contributed by atoms with E-state index in [1.807, 2.05) is 30.9 Å². The number of carbonyl (C=O) groups is 1. The molecule has 0 atom stereocenters. The number of rotatable bonds is 3. The Labute approximate surface area is 156 Å². The highest BCUT2D eigenvalue weighted by Gasteiger charge is 2.26. The fourth-order valence-electron chi connectivity index (χ4n) is 3.96. The predicted molar refractivity (Wildman–Crippen MR) is 106 cm³/mol. The highest BCUT2D eigenvalue weighted by atomic mass is 16.5. The summed E-state index contributed by atoms with van der Waals surface area (Å²) < 4.78 is 5.49. The van der Waals surface area contributed by atoms with Crippen LogP contribution in [0.15, 0.2) is 36.4 Å². The van der Waals surface area contributed by atoms with E-state index in [1.165, 1.54) is 11.1 Å². The lowest BCUT2D eigenvalue weighted by molar-refractivity contribution is 0.194. The summed E-state index contributed by atoms with van der Waals surface area (Å²) in [4.78, 5) is 14.6. The van der Waals surface area contributed by atoms with Crippen LogP contribution in [-0.4, -0.2) is 31.1 Å². The summed E-state index contributed by atoms with van der Waals surface area (Å²) in [6, 6.07) is 12.4. The standard InChI is InChI=1S/C22H28N2O2/c1-15-13-16(2)21(17(3)14-15)23-22(25)24-11-9-18(10-12-24)19-7-5-6-8-20(19)26-4/h5-8,13-14,18H,9-12H2,1-4H3,(H,23,25). The number of urea groups is 1. The van der Waals surface area contributed by atoms with Crippen LogP contribution in [0.4, 0.5) is 10.5 Å². The molecule has 0 spiro atoms. The Morgan fingerprint density at radius 3 is 2.31 bits per heavy atom. The van der Waals surface area contributed by atoms with E-state index in [4.69, 9.17) is 4.74 Å². The quantitative estimate of drug-likeness (QED) is 0.841. The number of nitrogens with zero attached hydrogens (tertiary/aromatic N) is 1. The van der Waals surface area contributed by atoms with Crippen molar-refractivity contribution in [1.82, 2.24) is 4.90 Å². The van der Waals surface area contributed by atoms with Crippen LogP contribution in [0.5, 0.6) is 5.75 Å². The van der Waals surface area contributed by atoms with Crippen LogP contribution < -0.4 is 10.1 Å². The molecule has 4 heteroatoms. The summed E-state index contributed by atoms with van der Waals surface area (Å²) in [6.45, 7) is 7.69. The number of hydrogen-bond donors (Lipinski definition) is 1. The number of piperidine rings is 1. The molecule has 2 aromatic carbocycles. The smallest absolute Gasteiger partial charge is 0.321 e. The Bertz CT molecular complexity index is 769. The minimum atomic E-state index is -0.00136. The van der Waals surface area contributed by atoms with Gasteiger partial charge in [0.25, 0.3) is 0 Å². The molecule has 0 unspecified atom stereocenters. The van der Waals surface area contributed by atoms with Gasteiger partial charge >= 0.3 is 6.03 Å². The molecule has 1 aliphatic rings. The maximum Gasteiger partial charge on any atom is 0.321 e. The second-order valence-corrected chi connectivity index (χ2v) is 7.21. The van der Waals surface area contributed by atoms with Crippen LogP contribution in [0.3, 0.4) is 0 Å². The maximum atomic E-state index is 12.7. The highest BCUT2D eigenvalue weighted by Crippen LogP contribution is 2.34. The van der Waals surface area contributed by atoms with Crippen LogP contribution >= 0.6 is 0 Å². The van der Waals surface area contributed by atoms with Crippen molar-refractivity contribution in [1.29, 1.82) is 0 Å². The third kappa shape index (κ3) is 3.85. The van der Waals surface area contributed by atoms with E-state index in [1.54, 1.807) is 7.11 Å². The molecule has 2 aromatic rings. The van der Waals surface area contributed by atoms with E-state index < -0.39 is 0 Å². The van der Waals surface area contributed by atoms with Gasteiger partial charge in [0.2, 0.25) is 0 Å². The number of anilines is 1. The number of methoxy groups -OCH3 is 1. The second-order valence-electron chi connectivity index (χ2n) is 7.21. The van der Waals surface area contributed by atoms with E-state index in [0.717, 1.165) is 48.5 Å². The highest BCUT2D eigenvalue weighted by molar-refractivity contribution is 5.91. The molecule has 2 amide bonds. The SMILES string of the molecule is COc1ccccc1C1CCN(C(=O)Nc2c(C)cc(C)cc2C)CC1. The van der Waals surface area contributed by atoms with E-state index in [2.05, 4.69) is 36.5 Å². The predicted octanol–water partition coefficient (Wildman–Crippen LogP) is 5.03. The first-order valence-electron chi connectivity index (χ1n) is 9.26. The molecular weight excluding hydrogens is 324 g/mol. The van der Waals surface area contributed by atoms with Gasteiger partial charge in [0.15, 0.2) is 0 Å². The van der Waals surface area contributed by atoms with Crippen LogP contribution in [0.1, 0.15) is 41.0 Å². The van der Waals surface area contributed by atoms with Crippen LogP contribution in [0.25, 0.3) is 0 Å². The third-order valence-corrected chi connectivity index (χ3v) is 5.27. The van der Waals surface area contributed by atoms with Gasteiger partial charge in [-0.15, -0.1) is 0 Å². The van der Waals surface area contributed by atoms with E-state index in [9.17, 15) is 4.79 Å². The number of aryl methyl sites for hydroxylation is 3. The molecule has 0 radical (unpaired) electrons. The molecule has 1 N–H and O–H groups in total. The average molecular weight is 352 g/mol. The lowest BCUT2D eigenvalue weighted by Gasteiger charge is -2.33. The van der Waals surface area contributed by atoms with Crippen LogP contribution in [0, 0.1) is 20.8 Å². The van der Waals surface area contributed by atoms with E-state index in [0.29, 0.717) is 5.92 Å². The fourth-order valence-corrected chi connectivity index (χ4v) is 3.96. The molecule has 1 heterocycles. The normalized spacial score (nSPS) is 15.0. The number of benzene rings is 2. The first kappa shape index (κ1) is 18.3. The number of hydrogen-bond acceptors (Lipinski definition) is 2. The van der Waals surface area contributed by atoms with Gasteiger partial charge in [0, 0.05) is 18.8 Å². The molecule has 3 rings (SSSR count). The Kier molecular flexibility index (Phi) is 5.50. The summed E-state index contributed by atoms with van der Waals surface area (Å²) in [6.07, 6.45) is 1.92.